The Hall–Kier alpha value is -1.22. The molecule has 2 saturated heterocycles. The van der Waals surface area contributed by atoms with Crippen molar-refractivity contribution in [1.29, 1.82) is 0 Å². The van der Waals surface area contributed by atoms with Crippen molar-refractivity contribution in [3.8, 4) is 0 Å². The zero-order valence-electron chi connectivity index (χ0n) is 12.8. The number of sulfonamides is 1. The predicted molar refractivity (Wildman–Crippen MR) is 88.4 cm³/mol. The summed E-state index contributed by atoms with van der Waals surface area (Å²) < 4.78 is 27.3. The van der Waals surface area contributed by atoms with Crippen molar-refractivity contribution in [2.45, 2.75) is 43.2 Å². The van der Waals surface area contributed by atoms with Gasteiger partial charge in [0.05, 0.1) is 4.92 Å². The fraction of sp³-hybridized carbons (Fsp3) is 0.571. The Labute approximate surface area is 141 Å². The largest absolute Gasteiger partial charge is 0.310 e. The van der Waals surface area contributed by atoms with Gasteiger partial charge in [-0.2, -0.15) is 4.31 Å². The maximum atomic E-state index is 13.0. The Bertz CT molecular complexity index is 710. The number of fused-ring (bicyclic) bond motifs is 2. The van der Waals surface area contributed by atoms with E-state index in [1.54, 1.807) is 13.0 Å². The first kappa shape index (κ1) is 18.1. The average molecular weight is 362 g/mol. The highest BCUT2D eigenvalue weighted by Crippen LogP contribution is 2.32. The molecular formula is C14H20ClN3O4S. The van der Waals surface area contributed by atoms with Crippen LogP contribution in [0, 0.1) is 17.0 Å². The van der Waals surface area contributed by atoms with Crippen LogP contribution in [0.2, 0.25) is 0 Å². The first-order chi connectivity index (χ1) is 10.4. The summed E-state index contributed by atoms with van der Waals surface area (Å²) >= 11 is 0. The van der Waals surface area contributed by atoms with E-state index in [-0.39, 0.29) is 29.0 Å². The Morgan fingerprint density at radius 3 is 2.65 bits per heavy atom. The monoisotopic (exact) mass is 361 g/mol. The molecule has 9 heteroatoms. The maximum Gasteiger partial charge on any atom is 0.289 e. The van der Waals surface area contributed by atoms with Crippen LogP contribution >= 0.6 is 12.4 Å². The molecule has 1 N–H and O–H groups in total. The third-order valence-electron chi connectivity index (χ3n) is 4.47. The lowest BCUT2D eigenvalue weighted by Gasteiger charge is -2.24. The van der Waals surface area contributed by atoms with E-state index < -0.39 is 14.9 Å². The van der Waals surface area contributed by atoms with Gasteiger partial charge in [0.15, 0.2) is 4.90 Å². The zero-order valence-corrected chi connectivity index (χ0v) is 14.4. The Balaban J connectivity index is 0.00000192. The summed E-state index contributed by atoms with van der Waals surface area (Å²) in [6, 6.07) is 4.87. The van der Waals surface area contributed by atoms with Crippen molar-refractivity contribution in [2.24, 2.45) is 0 Å². The zero-order chi connectivity index (χ0) is 15.9. The van der Waals surface area contributed by atoms with Gasteiger partial charge in [-0.3, -0.25) is 10.1 Å². The molecule has 2 atom stereocenters. The van der Waals surface area contributed by atoms with Crippen LogP contribution in [-0.2, 0) is 10.0 Å². The molecule has 23 heavy (non-hydrogen) atoms. The van der Waals surface area contributed by atoms with Gasteiger partial charge in [0.25, 0.3) is 5.69 Å². The van der Waals surface area contributed by atoms with Gasteiger partial charge in [0.1, 0.15) is 0 Å². The van der Waals surface area contributed by atoms with E-state index in [2.05, 4.69) is 5.32 Å². The van der Waals surface area contributed by atoms with E-state index in [0.29, 0.717) is 24.7 Å². The third kappa shape index (κ3) is 3.35. The Morgan fingerprint density at radius 2 is 1.96 bits per heavy atom. The minimum absolute atomic E-state index is 0. The molecular weight excluding hydrogens is 342 g/mol. The van der Waals surface area contributed by atoms with E-state index in [0.717, 1.165) is 19.3 Å². The molecule has 2 fully saturated rings. The van der Waals surface area contributed by atoms with Gasteiger partial charge in [-0.25, -0.2) is 8.42 Å². The lowest BCUT2D eigenvalue weighted by atomic mass is 10.1. The highest BCUT2D eigenvalue weighted by Gasteiger charge is 2.38. The summed E-state index contributed by atoms with van der Waals surface area (Å²) in [6.07, 6.45) is 2.77. The molecule has 2 bridgehead atoms. The fourth-order valence-electron chi connectivity index (χ4n) is 3.37. The molecule has 128 valence electrons. The van der Waals surface area contributed by atoms with Gasteiger partial charge >= 0.3 is 0 Å². The van der Waals surface area contributed by atoms with Crippen LogP contribution < -0.4 is 5.32 Å². The predicted octanol–water partition coefficient (Wildman–Crippen LogP) is 1.84. The number of aryl methyl sites for hydroxylation is 1. The molecule has 1 aromatic carbocycles. The second-order valence-electron chi connectivity index (χ2n) is 5.97. The van der Waals surface area contributed by atoms with E-state index >= 15 is 0 Å². The smallest absolute Gasteiger partial charge is 0.289 e. The minimum atomic E-state index is -3.86. The van der Waals surface area contributed by atoms with Gasteiger partial charge in [-0.15, -0.1) is 12.4 Å². The molecule has 7 nitrogen and oxygen atoms in total. The number of rotatable bonds is 3. The van der Waals surface area contributed by atoms with E-state index in [1.165, 1.54) is 16.4 Å². The number of benzene rings is 1. The Kier molecular flexibility index (Phi) is 5.30. The summed E-state index contributed by atoms with van der Waals surface area (Å²) in [7, 11) is -3.86. The molecule has 0 spiro atoms. The molecule has 2 aliphatic rings. The van der Waals surface area contributed by atoms with Crippen molar-refractivity contribution in [2.75, 3.05) is 13.1 Å². The van der Waals surface area contributed by atoms with Gasteiger partial charge in [0.2, 0.25) is 10.0 Å². The minimum Gasteiger partial charge on any atom is -0.310 e. The molecule has 0 amide bonds. The first-order valence-electron chi connectivity index (χ1n) is 7.40. The number of nitro benzene ring substituents is 1. The molecule has 0 saturated carbocycles. The van der Waals surface area contributed by atoms with Crippen molar-refractivity contribution >= 4 is 28.1 Å². The second kappa shape index (κ2) is 6.72. The standard InChI is InChI=1S/C14H19N3O4S.ClH/c1-10-3-2-4-13(17(18)19)14(10)22(20,21)16-8-7-11-5-6-12(9-16)15-11;/h2-4,11-12,15H,5-9H2,1H3;1H. The molecule has 2 unspecified atom stereocenters. The van der Waals surface area contributed by atoms with E-state index in [1.807, 2.05) is 0 Å². The molecule has 0 radical (unpaired) electrons. The van der Waals surface area contributed by atoms with E-state index in [4.69, 9.17) is 0 Å². The molecule has 0 aromatic heterocycles. The highest BCUT2D eigenvalue weighted by molar-refractivity contribution is 7.89. The van der Waals surface area contributed by atoms with Crippen molar-refractivity contribution < 1.29 is 13.3 Å². The normalized spacial score (nSPS) is 24.7. The van der Waals surface area contributed by atoms with Crippen LogP contribution in [0.4, 0.5) is 5.69 Å². The summed E-state index contributed by atoms with van der Waals surface area (Å²) in [5.41, 5.74) is 0.0685. The van der Waals surface area contributed by atoms with Crippen molar-refractivity contribution in [3.05, 3.63) is 33.9 Å². The maximum absolute atomic E-state index is 13.0. The van der Waals surface area contributed by atoms with Gasteiger partial charge < -0.3 is 5.32 Å². The number of nitro groups is 1. The fourth-order valence-corrected chi connectivity index (χ4v) is 5.24. The number of nitrogens with zero attached hydrogens (tertiary/aromatic N) is 2. The third-order valence-corrected chi connectivity index (χ3v) is 6.53. The molecule has 2 heterocycles. The van der Waals surface area contributed by atoms with Crippen molar-refractivity contribution in [3.63, 3.8) is 0 Å². The lowest BCUT2D eigenvalue weighted by Crippen LogP contribution is -2.39. The van der Waals surface area contributed by atoms with Crippen LogP contribution in [0.25, 0.3) is 0 Å². The summed E-state index contributed by atoms with van der Waals surface area (Å²) in [5, 5.41) is 14.6. The summed E-state index contributed by atoms with van der Waals surface area (Å²) in [6.45, 7) is 2.38. The topological polar surface area (TPSA) is 92.5 Å². The van der Waals surface area contributed by atoms with Crippen LogP contribution in [0.5, 0.6) is 0 Å². The number of nitrogens with one attached hydrogen (secondary N) is 1. The Morgan fingerprint density at radius 1 is 1.26 bits per heavy atom. The summed E-state index contributed by atoms with van der Waals surface area (Å²) in [5.74, 6) is 0. The summed E-state index contributed by atoms with van der Waals surface area (Å²) in [4.78, 5) is 10.4. The van der Waals surface area contributed by atoms with Gasteiger partial charge in [-0.05, 0) is 31.7 Å². The van der Waals surface area contributed by atoms with Crippen LogP contribution in [-0.4, -0.2) is 42.8 Å². The van der Waals surface area contributed by atoms with Crippen LogP contribution in [0.15, 0.2) is 23.1 Å². The molecule has 3 rings (SSSR count). The number of hydrogen-bond acceptors (Lipinski definition) is 5. The number of halogens is 1. The number of hydrogen-bond donors (Lipinski definition) is 1. The average Bonchev–Trinajstić information content (AvgIpc) is 2.76. The second-order valence-corrected chi connectivity index (χ2v) is 7.84. The van der Waals surface area contributed by atoms with Crippen molar-refractivity contribution in [1.82, 2.24) is 9.62 Å². The SMILES string of the molecule is Cc1cccc([N+](=O)[O-])c1S(=O)(=O)N1CCC2CCC(C1)N2.Cl. The first-order valence-corrected chi connectivity index (χ1v) is 8.84. The quantitative estimate of drug-likeness (QED) is 0.655. The van der Waals surface area contributed by atoms with E-state index in [9.17, 15) is 18.5 Å². The highest BCUT2D eigenvalue weighted by atomic mass is 35.5. The molecule has 2 aliphatic heterocycles. The molecule has 1 aromatic rings. The van der Waals surface area contributed by atoms with Gasteiger partial charge in [-0.1, -0.05) is 12.1 Å². The molecule has 0 aliphatic carbocycles. The van der Waals surface area contributed by atoms with Gasteiger partial charge in [0, 0.05) is 31.2 Å². The lowest BCUT2D eigenvalue weighted by molar-refractivity contribution is -0.387. The van der Waals surface area contributed by atoms with Crippen LogP contribution in [0.1, 0.15) is 24.8 Å². The van der Waals surface area contributed by atoms with Crippen LogP contribution in [0.3, 0.4) is 0 Å².